The molecule has 0 saturated carbocycles. The van der Waals surface area contributed by atoms with Crippen LogP contribution < -0.4 is 15.1 Å². The Bertz CT molecular complexity index is 990. The predicted molar refractivity (Wildman–Crippen MR) is 116 cm³/mol. The van der Waals surface area contributed by atoms with E-state index in [1.54, 1.807) is 4.90 Å². The van der Waals surface area contributed by atoms with Crippen LogP contribution in [0.3, 0.4) is 0 Å². The number of para-hydroxylation sites is 1. The standard InChI is InChI=1S/C22H22F3N3O2S/c23-22(24,25)15-7-8-17(27-10-3-4-11-27)16(13-15)26-20(29)9-12-28-18-5-1-2-6-19(18)31-14-21(28)30/h1-2,5-8,13H,3-4,9-12,14H2,(H,26,29). The molecule has 2 aliphatic heterocycles. The van der Waals surface area contributed by atoms with Crippen molar-refractivity contribution in [2.45, 2.75) is 30.3 Å². The smallest absolute Gasteiger partial charge is 0.370 e. The maximum absolute atomic E-state index is 13.2. The molecule has 164 valence electrons. The molecule has 4 rings (SSSR count). The molecular weight excluding hydrogens is 427 g/mol. The molecule has 2 heterocycles. The Morgan fingerprint density at radius 1 is 1.06 bits per heavy atom. The second-order valence-electron chi connectivity index (χ2n) is 7.52. The Hall–Kier alpha value is -2.68. The topological polar surface area (TPSA) is 52.7 Å². The van der Waals surface area contributed by atoms with Gasteiger partial charge in [-0.25, -0.2) is 0 Å². The number of hydrogen-bond acceptors (Lipinski definition) is 4. The first kappa shape index (κ1) is 21.5. The summed E-state index contributed by atoms with van der Waals surface area (Å²) in [6.07, 6.45) is -2.59. The summed E-state index contributed by atoms with van der Waals surface area (Å²) in [7, 11) is 0. The lowest BCUT2D eigenvalue weighted by Crippen LogP contribution is -2.37. The molecule has 2 aromatic rings. The fourth-order valence-electron chi connectivity index (χ4n) is 3.87. The van der Waals surface area contributed by atoms with Crippen LogP contribution in [0.5, 0.6) is 0 Å². The average molecular weight is 449 g/mol. The fourth-order valence-corrected chi connectivity index (χ4v) is 4.81. The normalized spacial score (nSPS) is 16.4. The lowest BCUT2D eigenvalue weighted by atomic mass is 10.1. The highest BCUT2D eigenvalue weighted by atomic mass is 32.2. The second kappa shape index (κ2) is 8.82. The first-order valence-electron chi connectivity index (χ1n) is 10.1. The van der Waals surface area contributed by atoms with Crippen molar-refractivity contribution in [1.82, 2.24) is 0 Å². The van der Waals surface area contributed by atoms with E-state index in [0.29, 0.717) is 11.4 Å². The number of halogens is 3. The Morgan fingerprint density at radius 3 is 2.55 bits per heavy atom. The van der Waals surface area contributed by atoms with Crippen LogP contribution in [0.1, 0.15) is 24.8 Å². The molecule has 0 radical (unpaired) electrons. The van der Waals surface area contributed by atoms with Crippen LogP contribution in [-0.2, 0) is 15.8 Å². The van der Waals surface area contributed by atoms with Gasteiger partial charge in [-0.1, -0.05) is 12.1 Å². The molecule has 9 heteroatoms. The van der Waals surface area contributed by atoms with Crippen molar-refractivity contribution in [1.29, 1.82) is 0 Å². The molecule has 2 aromatic carbocycles. The number of nitrogens with zero attached hydrogens (tertiary/aromatic N) is 2. The van der Waals surface area contributed by atoms with E-state index < -0.39 is 17.6 Å². The van der Waals surface area contributed by atoms with Crippen LogP contribution in [0.15, 0.2) is 47.4 Å². The molecule has 2 amide bonds. The van der Waals surface area contributed by atoms with Crippen molar-refractivity contribution in [3.8, 4) is 0 Å². The Balaban J connectivity index is 1.50. The SMILES string of the molecule is O=C(CCN1C(=O)CSc2ccccc21)Nc1cc(C(F)(F)F)ccc1N1CCCC1. The Labute approximate surface area is 182 Å². The van der Waals surface area contributed by atoms with Gasteiger partial charge in [0.15, 0.2) is 0 Å². The van der Waals surface area contributed by atoms with Gasteiger partial charge in [-0.3, -0.25) is 9.59 Å². The maximum atomic E-state index is 13.2. The molecule has 0 atom stereocenters. The van der Waals surface area contributed by atoms with E-state index in [1.165, 1.54) is 17.8 Å². The van der Waals surface area contributed by atoms with Gasteiger partial charge < -0.3 is 15.1 Å². The number of carbonyl (C=O) groups is 2. The maximum Gasteiger partial charge on any atom is 0.416 e. The Morgan fingerprint density at radius 2 is 1.81 bits per heavy atom. The predicted octanol–water partition coefficient (Wildman–Crippen LogP) is 4.77. The number of nitrogens with one attached hydrogen (secondary N) is 1. The van der Waals surface area contributed by atoms with Gasteiger partial charge in [0.05, 0.1) is 28.4 Å². The van der Waals surface area contributed by atoms with Crippen molar-refractivity contribution in [3.63, 3.8) is 0 Å². The summed E-state index contributed by atoms with van der Waals surface area (Å²) >= 11 is 1.45. The molecule has 5 nitrogen and oxygen atoms in total. The van der Waals surface area contributed by atoms with Crippen molar-refractivity contribution >= 4 is 40.6 Å². The highest BCUT2D eigenvalue weighted by molar-refractivity contribution is 8.00. The summed E-state index contributed by atoms with van der Waals surface area (Å²) < 4.78 is 39.6. The zero-order valence-electron chi connectivity index (χ0n) is 16.7. The fraction of sp³-hybridized carbons (Fsp3) is 0.364. The number of anilines is 3. The summed E-state index contributed by atoms with van der Waals surface area (Å²) in [5.41, 5.74) is 0.702. The minimum Gasteiger partial charge on any atom is -0.370 e. The van der Waals surface area contributed by atoms with Gasteiger partial charge in [-0.2, -0.15) is 13.2 Å². The van der Waals surface area contributed by atoms with Crippen molar-refractivity contribution in [3.05, 3.63) is 48.0 Å². The number of thioether (sulfide) groups is 1. The van der Waals surface area contributed by atoms with E-state index in [-0.39, 0.29) is 24.6 Å². The average Bonchev–Trinajstić information content (AvgIpc) is 3.27. The summed E-state index contributed by atoms with van der Waals surface area (Å²) in [4.78, 5) is 29.5. The van der Waals surface area contributed by atoms with Crippen molar-refractivity contribution < 1.29 is 22.8 Å². The molecule has 0 aliphatic carbocycles. The van der Waals surface area contributed by atoms with E-state index in [1.807, 2.05) is 29.2 Å². The molecule has 2 aliphatic rings. The molecule has 0 spiro atoms. The van der Waals surface area contributed by atoms with Gasteiger partial charge in [-0.15, -0.1) is 11.8 Å². The van der Waals surface area contributed by atoms with Crippen molar-refractivity contribution in [2.24, 2.45) is 0 Å². The molecular formula is C22H22F3N3O2S. The molecule has 0 bridgehead atoms. The first-order chi connectivity index (χ1) is 14.8. The third kappa shape index (κ3) is 4.81. The highest BCUT2D eigenvalue weighted by Crippen LogP contribution is 2.37. The van der Waals surface area contributed by atoms with E-state index >= 15 is 0 Å². The van der Waals surface area contributed by atoms with E-state index in [0.717, 1.165) is 48.6 Å². The van der Waals surface area contributed by atoms with Crippen LogP contribution in [0.4, 0.5) is 30.2 Å². The van der Waals surface area contributed by atoms with Crippen LogP contribution >= 0.6 is 11.8 Å². The van der Waals surface area contributed by atoms with Crippen LogP contribution in [0, 0.1) is 0 Å². The number of carbonyl (C=O) groups excluding carboxylic acids is 2. The molecule has 0 aromatic heterocycles. The summed E-state index contributed by atoms with van der Waals surface area (Å²) in [5, 5.41) is 2.65. The number of hydrogen-bond donors (Lipinski definition) is 1. The van der Waals surface area contributed by atoms with Gasteiger partial charge in [0, 0.05) is 31.0 Å². The number of alkyl halides is 3. The van der Waals surface area contributed by atoms with Crippen LogP contribution in [0.2, 0.25) is 0 Å². The van der Waals surface area contributed by atoms with Crippen molar-refractivity contribution in [2.75, 3.05) is 40.5 Å². The highest BCUT2D eigenvalue weighted by Gasteiger charge is 2.32. The largest absolute Gasteiger partial charge is 0.416 e. The summed E-state index contributed by atoms with van der Waals surface area (Å²) in [5.74, 6) is -0.220. The van der Waals surface area contributed by atoms with E-state index in [9.17, 15) is 22.8 Å². The number of amides is 2. The van der Waals surface area contributed by atoms with Gasteiger partial charge in [0.2, 0.25) is 11.8 Å². The monoisotopic (exact) mass is 449 g/mol. The summed E-state index contributed by atoms with van der Waals surface area (Å²) in [6, 6.07) is 10.9. The van der Waals surface area contributed by atoms with Crippen LogP contribution in [0.25, 0.3) is 0 Å². The van der Waals surface area contributed by atoms with Crippen LogP contribution in [-0.4, -0.2) is 37.2 Å². The molecule has 1 N–H and O–H groups in total. The molecule has 31 heavy (non-hydrogen) atoms. The lowest BCUT2D eigenvalue weighted by molar-refractivity contribution is -0.137. The minimum absolute atomic E-state index is 0.0135. The second-order valence-corrected chi connectivity index (χ2v) is 8.54. The molecule has 1 saturated heterocycles. The van der Waals surface area contributed by atoms with Gasteiger partial charge in [0.1, 0.15) is 0 Å². The van der Waals surface area contributed by atoms with Gasteiger partial charge in [-0.05, 0) is 43.2 Å². The Kier molecular flexibility index (Phi) is 6.13. The first-order valence-corrected chi connectivity index (χ1v) is 11.1. The lowest BCUT2D eigenvalue weighted by Gasteiger charge is -2.29. The molecule has 0 unspecified atom stereocenters. The number of benzene rings is 2. The third-order valence-corrected chi connectivity index (χ3v) is 6.46. The van der Waals surface area contributed by atoms with Gasteiger partial charge in [0.25, 0.3) is 0 Å². The summed E-state index contributed by atoms with van der Waals surface area (Å²) in [6.45, 7) is 1.65. The quantitative estimate of drug-likeness (QED) is 0.714. The van der Waals surface area contributed by atoms with E-state index in [2.05, 4.69) is 5.32 Å². The minimum atomic E-state index is -4.50. The van der Waals surface area contributed by atoms with E-state index in [4.69, 9.17) is 0 Å². The van der Waals surface area contributed by atoms with Gasteiger partial charge >= 0.3 is 6.18 Å². The number of fused-ring (bicyclic) bond motifs is 1. The zero-order chi connectivity index (χ0) is 22.0. The number of rotatable bonds is 5. The third-order valence-electron chi connectivity index (χ3n) is 5.42. The molecule has 1 fully saturated rings. The zero-order valence-corrected chi connectivity index (χ0v) is 17.6.